The van der Waals surface area contributed by atoms with Gasteiger partial charge in [0.05, 0.1) is 46.1 Å². The van der Waals surface area contributed by atoms with Crippen molar-refractivity contribution in [1.82, 2.24) is 23.2 Å². The number of benzene rings is 1. The van der Waals surface area contributed by atoms with Gasteiger partial charge in [0.15, 0.2) is 5.84 Å². The van der Waals surface area contributed by atoms with Gasteiger partial charge in [-0.25, -0.2) is 23.8 Å². The summed E-state index contributed by atoms with van der Waals surface area (Å²) < 4.78 is 19.3. The van der Waals surface area contributed by atoms with Crippen LogP contribution in [0, 0.1) is 12.7 Å². The molecule has 3 aromatic rings. The minimum atomic E-state index is -0.625. The number of nitrogens with one attached hydrogen (secondary N) is 2. The first kappa shape index (κ1) is 26.5. The second-order valence-electron chi connectivity index (χ2n) is 9.42. The normalized spacial score (nSPS) is 12.1. The van der Waals surface area contributed by atoms with Crippen LogP contribution in [0.2, 0.25) is 0 Å². The van der Waals surface area contributed by atoms with Crippen LogP contribution in [-0.2, 0) is 5.41 Å². The Labute approximate surface area is 218 Å². The number of carbonyl (C=O) groups excluding carboxylic acids is 1. The smallest absolute Gasteiger partial charge is 0.259 e. The molecule has 0 atom stereocenters. The molecule has 3 rings (SSSR count). The molecule has 0 saturated heterocycles. The summed E-state index contributed by atoms with van der Waals surface area (Å²) in [6, 6.07) is 7.88. The second kappa shape index (κ2) is 10.7. The topological polar surface area (TPSA) is 113 Å². The van der Waals surface area contributed by atoms with Crippen LogP contribution in [0.4, 0.5) is 10.2 Å². The SMILES string of the molecule is Cc1cc(F)c(C(=O)Nc2cccc(/C(=N/NI)N(N)C(C)C)n2)cc1-n1cnc(C(C)(C)C)c1. The second-order valence-corrected chi connectivity index (χ2v) is 9.90. The summed E-state index contributed by atoms with van der Waals surface area (Å²) in [5.74, 6) is 5.52. The monoisotopic (exact) mass is 592 g/mol. The van der Waals surface area contributed by atoms with Gasteiger partial charge >= 0.3 is 0 Å². The lowest BCUT2D eigenvalue weighted by atomic mass is 9.93. The van der Waals surface area contributed by atoms with Crippen molar-refractivity contribution < 1.29 is 9.18 Å². The van der Waals surface area contributed by atoms with Crippen LogP contribution in [0.3, 0.4) is 0 Å². The fraction of sp³-hybridized carbons (Fsp3) is 0.333. The molecule has 1 amide bonds. The highest BCUT2D eigenvalue weighted by atomic mass is 127. The Kier molecular flexibility index (Phi) is 8.11. The zero-order chi connectivity index (χ0) is 25.9. The summed E-state index contributed by atoms with van der Waals surface area (Å²) in [6.45, 7) is 11.8. The lowest BCUT2D eigenvalue weighted by Crippen LogP contribution is -2.44. The number of hydrazine groups is 1. The number of aryl methyl sites for hydroxylation is 1. The maximum Gasteiger partial charge on any atom is 0.259 e. The van der Waals surface area contributed by atoms with E-state index in [2.05, 4.69) is 44.8 Å². The highest BCUT2D eigenvalue weighted by molar-refractivity contribution is 14.1. The number of amides is 1. The van der Waals surface area contributed by atoms with Gasteiger partial charge in [0.25, 0.3) is 5.91 Å². The first-order valence-electron chi connectivity index (χ1n) is 11.0. The van der Waals surface area contributed by atoms with Crippen LogP contribution in [0.5, 0.6) is 0 Å². The molecular weight excluding hydrogens is 562 g/mol. The molecule has 4 N–H and O–H groups in total. The number of nitrogens with two attached hydrogens (primary N) is 1. The summed E-state index contributed by atoms with van der Waals surface area (Å²) in [4.78, 5) is 22.0. The molecule has 186 valence electrons. The number of hydrazone groups is 1. The van der Waals surface area contributed by atoms with Gasteiger partial charge in [0.2, 0.25) is 0 Å². The number of carbonyl (C=O) groups is 1. The van der Waals surface area contributed by atoms with E-state index in [4.69, 9.17) is 5.84 Å². The summed E-state index contributed by atoms with van der Waals surface area (Å²) in [5, 5.41) is 8.33. The molecule has 0 bridgehead atoms. The summed E-state index contributed by atoms with van der Waals surface area (Å²) in [6.07, 6.45) is 3.56. The third-order valence-corrected chi connectivity index (χ3v) is 5.57. The number of hydrogen-bond donors (Lipinski definition) is 3. The maximum atomic E-state index is 14.8. The molecule has 1 aromatic carbocycles. The predicted octanol–water partition coefficient (Wildman–Crippen LogP) is 4.45. The van der Waals surface area contributed by atoms with Gasteiger partial charge in [0.1, 0.15) is 17.3 Å². The van der Waals surface area contributed by atoms with Crippen LogP contribution >= 0.6 is 22.9 Å². The number of imidazole rings is 1. The van der Waals surface area contributed by atoms with Crippen LogP contribution in [0.1, 0.15) is 61.9 Å². The van der Waals surface area contributed by atoms with Crippen LogP contribution < -0.4 is 14.8 Å². The number of rotatable bonds is 6. The Morgan fingerprint density at radius 2 is 2.00 bits per heavy atom. The molecule has 9 nitrogen and oxygen atoms in total. The largest absolute Gasteiger partial charge is 0.306 e. The standard InChI is InChI=1S/C24H30FIN8O/c1-14(2)34(27)22(31-32-26)18-8-7-9-21(29-18)30-23(35)16-11-19(15(3)10-17(16)25)33-12-20(28-13-33)24(4,5)6/h7-14,32H,27H2,1-6H3,(H,29,30,35)/b31-22-. The van der Waals surface area contributed by atoms with E-state index < -0.39 is 11.7 Å². The Bertz CT molecular complexity index is 1250. The van der Waals surface area contributed by atoms with Crippen molar-refractivity contribution in [3.63, 3.8) is 0 Å². The van der Waals surface area contributed by atoms with E-state index in [9.17, 15) is 9.18 Å². The number of anilines is 1. The van der Waals surface area contributed by atoms with Crippen LogP contribution in [0.15, 0.2) is 48.0 Å². The third-order valence-electron chi connectivity index (χ3n) is 5.33. The van der Waals surface area contributed by atoms with E-state index in [1.807, 2.05) is 42.9 Å². The Morgan fingerprint density at radius 1 is 1.29 bits per heavy atom. The molecule has 0 unspecified atom stereocenters. The highest BCUT2D eigenvalue weighted by Gasteiger charge is 2.21. The molecule has 0 spiro atoms. The van der Waals surface area contributed by atoms with Crippen molar-refractivity contribution in [1.29, 1.82) is 0 Å². The van der Waals surface area contributed by atoms with E-state index in [0.29, 0.717) is 22.8 Å². The van der Waals surface area contributed by atoms with E-state index in [1.54, 1.807) is 36.0 Å². The molecule has 35 heavy (non-hydrogen) atoms. The lowest BCUT2D eigenvalue weighted by molar-refractivity contribution is 0.102. The molecular formula is C24H30FIN8O. The zero-order valence-electron chi connectivity index (χ0n) is 20.6. The summed E-state index contributed by atoms with van der Waals surface area (Å²) >= 11 is 1.88. The number of hydrogen-bond acceptors (Lipinski definition) is 6. The van der Waals surface area contributed by atoms with Crippen molar-refractivity contribution in [2.75, 3.05) is 5.32 Å². The number of pyridine rings is 1. The predicted molar refractivity (Wildman–Crippen MR) is 144 cm³/mol. The van der Waals surface area contributed by atoms with E-state index in [1.165, 1.54) is 17.1 Å². The summed E-state index contributed by atoms with van der Waals surface area (Å²) in [5.41, 5.74) is 2.44. The van der Waals surface area contributed by atoms with Gasteiger partial charge in [-0.1, -0.05) is 26.8 Å². The molecule has 0 radical (unpaired) electrons. The lowest BCUT2D eigenvalue weighted by Gasteiger charge is -2.23. The van der Waals surface area contributed by atoms with Gasteiger partial charge in [-0.15, -0.1) is 5.10 Å². The molecule has 11 heteroatoms. The van der Waals surface area contributed by atoms with Crippen molar-refractivity contribution in [2.24, 2.45) is 10.9 Å². The molecule has 0 aliphatic heterocycles. The zero-order valence-corrected chi connectivity index (χ0v) is 22.8. The number of amidine groups is 1. The van der Waals surface area contributed by atoms with Crippen LogP contribution in [0.25, 0.3) is 5.69 Å². The van der Waals surface area contributed by atoms with Gasteiger partial charge < -0.3 is 9.88 Å². The van der Waals surface area contributed by atoms with Gasteiger partial charge in [-0.3, -0.25) is 9.80 Å². The Hall–Kier alpha value is -3.06. The van der Waals surface area contributed by atoms with E-state index in [0.717, 1.165) is 5.69 Å². The van der Waals surface area contributed by atoms with Crippen molar-refractivity contribution >= 4 is 40.4 Å². The first-order valence-corrected chi connectivity index (χ1v) is 12.1. The average molecular weight is 592 g/mol. The van der Waals surface area contributed by atoms with Gasteiger partial charge in [-0.05, 0) is 50.6 Å². The third kappa shape index (κ3) is 6.14. The van der Waals surface area contributed by atoms with Crippen LogP contribution in [-0.4, -0.2) is 37.3 Å². The Balaban J connectivity index is 1.92. The molecule has 0 aliphatic rings. The average Bonchev–Trinajstić information content (AvgIpc) is 3.27. The first-order chi connectivity index (χ1) is 16.4. The highest BCUT2D eigenvalue weighted by Crippen LogP contribution is 2.24. The fourth-order valence-electron chi connectivity index (χ4n) is 3.30. The van der Waals surface area contributed by atoms with Crippen molar-refractivity contribution in [3.05, 3.63) is 71.2 Å². The number of aromatic nitrogens is 3. The van der Waals surface area contributed by atoms with E-state index in [-0.39, 0.29) is 22.8 Å². The number of nitrogens with zero attached hydrogens (tertiary/aromatic N) is 5. The Morgan fingerprint density at radius 3 is 2.60 bits per heavy atom. The molecule has 0 aliphatic carbocycles. The molecule has 0 fully saturated rings. The van der Waals surface area contributed by atoms with E-state index >= 15 is 0 Å². The minimum Gasteiger partial charge on any atom is -0.306 e. The van der Waals surface area contributed by atoms with Crippen molar-refractivity contribution in [3.8, 4) is 5.69 Å². The van der Waals surface area contributed by atoms with Crippen molar-refractivity contribution in [2.45, 2.75) is 53.0 Å². The minimum absolute atomic E-state index is 0.0411. The fourth-order valence-corrected chi connectivity index (χ4v) is 3.53. The molecule has 0 saturated carbocycles. The number of halogens is 2. The quantitative estimate of drug-likeness (QED) is 0.0974. The van der Waals surface area contributed by atoms with Gasteiger partial charge in [0, 0.05) is 17.7 Å². The molecule has 2 heterocycles. The maximum absolute atomic E-state index is 14.8. The summed E-state index contributed by atoms with van der Waals surface area (Å²) in [7, 11) is 0. The van der Waals surface area contributed by atoms with Gasteiger partial charge in [-0.2, -0.15) is 0 Å². The molecule has 2 aromatic heterocycles.